The van der Waals surface area contributed by atoms with Gasteiger partial charge in [-0.25, -0.2) is 13.2 Å². The quantitative estimate of drug-likeness (QED) is 0.725. The molecule has 112 valence electrons. The highest BCUT2D eigenvalue weighted by atomic mass is 32.2. The lowest BCUT2D eigenvalue weighted by molar-refractivity contribution is -0.117. The van der Waals surface area contributed by atoms with Gasteiger partial charge in [0.2, 0.25) is 5.91 Å². The Morgan fingerprint density at radius 1 is 1.50 bits per heavy atom. The Labute approximate surface area is 121 Å². The Bertz CT molecular complexity index is 594. The summed E-state index contributed by atoms with van der Waals surface area (Å²) in [5.74, 6) is -1.27. The van der Waals surface area contributed by atoms with Crippen molar-refractivity contribution in [3.8, 4) is 0 Å². The molecule has 1 unspecified atom stereocenters. The van der Waals surface area contributed by atoms with Gasteiger partial charge in [-0.05, 0) is 17.9 Å². The normalized spacial score (nSPS) is 12.8. The van der Waals surface area contributed by atoms with E-state index in [1.165, 1.54) is 7.11 Å². The SMILES string of the molecule is COC(=O)c1sccc1NC(=O)C(N)CCS(C)(=O)=O. The number of thiophene rings is 1. The number of carbonyl (C=O) groups excluding carboxylic acids is 2. The number of hydrogen-bond donors (Lipinski definition) is 2. The van der Waals surface area contributed by atoms with E-state index in [4.69, 9.17) is 5.73 Å². The van der Waals surface area contributed by atoms with Crippen LogP contribution in [0.15, 0.2) is 11.4 Å². The molecule has 0 bridgehead atoms. The van der Waals surface area contributed by atoms with E-state index in [-0.39, 0.29) is 17.1 Å². The second kappa shape index (κ2) is 6.82. The van der Waals surface area contributed by atoms with Crippen LogP contribution in [0.5, 0.6) is 0 Å². The van der Waals surface area contributed by atoms with Crippen LogP contribution in [0.4, 0.5) is 5.69 Å². The fourth-order valence-corrected chi connectivity index (χ4v) is 2.80. The lowest BCUT2D eigenvalue weighted by Gasteiger charge is -2.11. The van der Waals surface area contributed by atoms with Gasteiger partial charge in [0.15, 0.2) is 0 Å². The van der Waals surface area contributed by atoms with Crippen LogP contribution >= 0.6 is 11.3 Å². The van der Waals surface area contributed by atoms with Gasteiger partial charge in [-0.1, -0.05) is 0 Å². The summed E-state index contributed by atoms with van der Waals surface area (Å²) in [6, 6.07) is 0.591. The van der Waals surface area contributed by atoms with Gasteiger partial charge in [-0.2, -0.15) is 0 Å². The fraction of sp³-hybridized carbons (Fsp3) is 0.455. The summed E-state index contributed by atoms with van der Waals surface area (Å²) in [4.78, 5) is 23.5. The molecule has 1 rings (SSSR count). The van der Waals surface area contributed by atoms with Gasteiger partial charge in [0.05, 0.1) is 24.6 Å². The van der Waals surface area contributed by atoms with E-state index in [1.807, 2.05) is 0 Å². The van der Waals surface area contributed by atoms with Crippen molar-refractivity contribution in [1.82, 2.24) is 0 Å². The molecule has 0 spiro atoms. The summed E-state index contributed by atoms with van der Waals surface area (Å²) in [5, 5.41) is 4.12. The third-order valence-corrected chi connectivity index (χ3v) is 4.30. The van der Waals surface area contributed by atoms with Crippen molar-refractivity contribution >= 4 is 38.7 Å². The minimum atomic E-state index is -3.17. The molecule has 9 heteroatoms. The van der Waals surface area contributed by atoms with Gasteiger partial charge < -0.3 is 15.8 Å². The van der Waals surface area contributed by atoms with Crippen molar-refractivity contribution in [3.05, 3.63) is 16.3 Å². The van der Waals surface area contributed by atoms with Crippen LogP contribution in [0.3, 0.4) is 0 Å². The molecule has 0 aliphatic rings. The van der Waals surface area contributed by atoms with E-state index < -0.39 is 27.8 Å². The van der Waals surface area contributed by atoms with Crippen molar-refractivity contribution in [2.24, 2.45) is 5.73 Å². The highest BCUT2D eigenvalue weighted by Gasteiger charge is 2.20. The van der Waals surface area contributed by atoms with Gasteiger partial charge in [-0.15, -0.1) is 11.3 Å². The van der Waals surface area contributed by atoms with E-state index in [0.717, 1.165) is 17.6 Å². The lowest BCUT2D eigenvalue weighted by Crippen LogP contribution is -2.37. The van der Waals surface area contributed by atoms with Crippen molar-refractivity contribution in [1.29, 1.82) is 0 Å². The summed E-state index contributed by atoms with van der Waals surface area (Å²) >= 11 is 1.13. The number of nitrogens with two attached hydrogens (primary N) is 1. The minimum absolute atomic E-state index is 0.0162. The maximum absolute atomic E-state index is 11.8. The van der Waals surface area contributed by atoms with E-state index in [2.05, 4.69) is 10.1 Å². The lowest BCUT2D eigenvalue weighted by atomic mass is 10.2. The number of anilines is 1. The van der Waals surface area contributed by atoms with Gasteiger partial charge in [0, 0.05) is 6.26 Å². The zero-order chi connectivity index (χ0) is 15.3. The number of ether oxygens (including phenoxy) is 1. The first-order valence-corrected chi connectivity index (χ1v) is 8.58. The molecular formula is C11H16N2O5S2. The Kier molecular flexibility index (Phi) is 5.66. The van der Waals surface area contributed by atoms with E-state index in [0.29, 0.717) is 5.69 Å². The Balaban J connectivity index is 2.67. The highest BCUT2D eigenvalue weighted by molar-refractivity contribution is 7.90. The molecular weight excluding hydrogens is 304 g/mol. The van der Waals surface area contributed by atoms with Gasteiger partial charge in [0.1, 0.15) is 14.7 Å². The van der Waals surface area contributed by atoms with E-state index in [9.17, 15) is 18.0 Å². The third kappa shape index (κ3) is 4.91. The molecule has 0 aromatic carbocycles. The molecule has 1 heterocycles. The maximum atomic E-state index is 11.8. The average molecular weight is 320 g/mol. The molecule has 20 heavy (non-hydrogen) atoms. The summed E-state index contributed by atoms with van der Waals surface area (Å²) < 4.78 is 26.6. The van der Waals surface area contributed by atoms with Gasteiger partial charge in [-0.3, -0.25) is 4.79 Å². The number of nitrogens with one attached hydrogen (secondary N) is 1. The predicted octanol–water partition coefficient (Wildman–Crippen LogP) is 0.235. The predicted molar refractivity (Wildman–Crippen MR) is 76.6 cm³/mol. The Morgan fingerprint density at radius 3 is 2.70 bits per heavy atom. The molecule has 0 saturated carbocycles. The van der Waals surface area contributed by atoms with Crippen LogP contribution in [0.1, 0.15) is 16.1 Å². The van der Waals surface area contributed by atoms with Crippen molar-refractivity contribution < 1.29 is 22.7 Å². The average Bonchev–Trinajstić information content (AvgIpc) is 2.82. The Morgan fingerprint density at radius 2 is 2.15 bits per heavy atom. The summed E-state index contributed by atoms with van der Waals surface area (Å²) in [5.41, 5.74) is 5.92. The molecule has 0 saturated heterocycles. The molecule has 7 nitrogen and oxygen atoms in total. The van der Waals surface area contributed by atoms with Crippen molar-refractivity contribution in [2.45, 2.75) is 12.5 Å². The zero-order valence-corrected chi connectivity index (χ0v) is 12.7. The standard InChI is InChI=1S/C11H16N2O5S2/c1-18-11(15)9-8(3-5-19-9)13-10(14)7(12)4-6-20(2,16)17/h3,5,7H,4,6,12H2,1-2H3,(H,13,14). The van der Waals surface area contributed by atoms with E-state index >= 15 is 0 Å². The van der Waals surface area contributed by atoms with Crippen LogP contribution in [0, 0.1) is 0 Å². The molecule has 1 amide bonds. The zero-order valence-electron chi connectivity index (χ0n) is 11.1. The number of methoxy groups -OCH3 is 1. The topological polar surface area (TPSA) is 116 Å². The van der Waals surface area contributed by atoms with Crippen molar-refractivity contribution in [2.75, 3.05) is 24.4 Å². The van der Waals surface area contributed by atoms with Crippen LogP contribution in [0.25, 0.3) is 0 Å². The third-order valence-electron chi connectivity index (χ3n) is 2.43. The largest absolute Gasteiger partial charge is 0.465 e. The molecule has 0 aliphatic carbocycles. The molecule has 0 aliphatic heterocycles. The molecule has 1 aromatic rings. The number of rotatable bonds is 6. The number of carbonyl (C=O) groups is 2. The molecule has 1 atom stereocenters. The number of hydrogen-bond acceptors (Lipinski definition) is 7. The molecule has 3 N–H and O–H groups in total. The first-order chi connectivity index (χ1) is 9.24. The van der Waals surface area contributed by atoms with Crippen LogP contribution < -0.4 is 11.1 Å². The minimum Gasteiger partial charge on any atom is -0.465 e. The van der Waals surface area contributed by atoms with Crippen LogP contribution in [-0.4, -0.2) is 45.5 Å². The molecule has 0 fully saturated rings. The van der Waals surface area contributed by atoms with Gasteiger partial charge >= 0.3 is 5.97 Å². The van der Waals surface area contributed by atoms with Gasteiger partial charge in [0.25, 0.3) is 0 Å². The molecule has 0 radical (unpaired) electrons. The number of sulfone groups is 1. The second-order valence-electron chi connectivity index (χ2n) is 4.17. The van der Waals surface area contributed by atoms with Crippen molar-refractivity contribution in [3.63, 3.8) is 0 Å². The Hall–Kier alpha value is -1.45. The monoisotopic (exact) mass is 320 g/mol. The van der Waals surface area contributed by atoms with Crippen LogP contribution in [0.2, 0.25) is 0 Å². The highest BCUT2D eigenvalue weighted by Crippen LogP contribution is 2.23. The second-order valence-corrected chi connectivity index (χ2v) is 7.35. The maximum Gasteiger partial charge on any atom is 0.350 e. The first kappa shape index (κ1) is 16.6. The van der Waals surface area contributed by atoms with Crippen LogP contribution in [-0.2, 0) is 19.4 Å². The number of esters is 1. The summed E-state index contributed by atoms with van der Waals surface area (Å²) in [6.45, 7) is 0. The molecule has 1 aromatic heterocycles. The smallest absolute Gasteiger partial charge is 0.350 e. The summed E-state index contributed by atoms with van der Waals surface area (Å²) in [7, 11) is -1.93. The number of amides is 1. The fourth-order valence-electron chi connectivity index (χ4n) is 1.36. The first-order valence-electron chi connectivity index (χ1n) is 5.64. The van der Waals surface area contributed by atoms with E-state index in [1.54, 1.807) is 11.4 Å². The summed E-state index contributed by atoms with van der Waals surface area (Å²) in [6.07, 6.45) is 1.09.